The van der Waals surface area contributed by atoms with Crippen LogP contribution in [0.4, 0.5) is 5.69 Å². The van der Waals surface area contributed by atoms with E-state index < -0.39 is 12.1 Å². The Hall–Kier alpha value is -3.74. The van der Waals surface area contributed by atoms with E-state index in [4.69, 9.17) is 11.5 Å². The normalized spacial score (nSPS) is 13.0. The Morgan fingerprint density at radius 2 is 1.54 bits per heavy atom. The average Bonchev–Trinajstić information content (AvgIpc) is 2.94. The molecule has 0 unspecified atom stereocenters. The van der Waals surface area contributed by atoms with E-state index >= 15 is 0 Å². The minimum atomic E-state index is -0.685. The number of rotatable bonds is 12. The first kappa shape index (κ1) is 28.3. The van der Waals surface area contributed by atoms with Gasteiger partial charge in [0.1, 0.15) is 6.04 Å². The molecule has 0 aliphatic rings. The summed E-state index contributed by atoms with van der Waals surface area (Å²) in [6.07, 6.45) is 2.06. The van der Waals surface area contributed by atoms with Crippen LogP contribution in [0.15, 0.2) is 72.8 Å². The molecule has 0 bridgehead atoms. The molecule has 0 aliphatic heterocycles. The van der Waals surface area contributed by atoms with Gasteiger partial charge in [-0.25, -0.2) is 0 Å². The molecule has 2 atom stereocenters. The highest BCUT2D eigenvalue weighted by Gasteiger charge is 2.26. The number of hydrogen-bond donors (Lipinski definition) is 4. The molecule has 0 saturated heterocycles. The van der Waals surface area contributed by atoms with Gasteiger partial charge < -0.3 is 22.1 Å². The fourth-order valence-electron chi connectivity index (χ4n) is 4.92. The second kappa shape index (κ2) is 12.9. The molecule has 0 saturated carbocycles. The van der Waals surface area contributed by atoms with Gasteiger partial charge >= 0.3 is 0 Å². The van der Waals surface area contributed by atoms with E-state index in [1.165, 1.54) is 0 Å². The summed E-state index contributed by atoms with van der Waals surface area (Å²) in [6, 6.07) is 23.2. The van der Waals surface area contributed by atoms with E-state index in [1.54, 1.807) is 0 Å². The Kier molecular flexibility index (Phi) is 9.33. The number of nitrogens with one attached hydrogen (secondary N) is 2. The van der Waals surface area contributed by atoms with Crippen LogP contribution < -0.4 is 22.1 Å². The summed E-state index contributed by atoms with van der Waals surface area (Å²) in [5.74, 6) is 0.220. The van der Waals surface area contributed by atoms with E-state index in [2.05, 4.69) is 60.9 Å². The van der Waals surface area contributed by atoms with Crippen molar-refractivity contribution in [1.82, 2.24) is 5.32 Å². The van der Waals surface area contributed by atoms with Crippen molar-refractivity contribution in [2.24, 2.45) is 17.4 Å². The summed E-state index contributed by atoms with van der Waals surface area (Å²) in [5, 5.41) is 10.6. The molecule has 1 amide bonds. The number of ketones is 1. The largest absolute Gasteiger partial charge is 0.373 e. The number of amides is 1. The third-order valence-electron chi connectivity index (χ3n) is 7.18. The number of hydrogen-bond acceptors (Lipinski definition) is 5. The van der Waals surface area contributed by atoms with E-state index in [0.717, 1.165) is 39.1 Å². The molecule has 39 heavy (non-hydrogen) atoms. The molecular weight excluding hydrogens is 484 g/mol. The molecule has 0 heterocycles. The number of carbonyl (C=O) groups excluding carboxylic acids is 2. The molecule has 0 radical (unpaired) electrons. The smallest absolute Gasteiger partial charge is 0.242 e. The van der Waals surface area contributed by atoms with Gasteiger partial charge in [-0.1, -0.05) is 74.5 Å². The number of Topliss-reactive ketones (excluding diaryl/α,β-unsaturated/α-hetero) is 1. The Morgan fingerprint density at radius 1 is 0.846 bits per heavy atom. The predicted octanol–water partition coefficient (Wildman–Crippen LogP) is 5.87. The van der Waals surface area contributed by atoms with Crippen LogP contribution in [0.25, 0.3) is 32.7 Å². The molecule has 4 aromatic rings. The maximum Gasteiger partial charge on any atom is 0.242 e. The number of nitrogens with two attached hydrogens (primary N) is 2. The third kappa shape index (κ3) is 6.64. The van der Waals surface area contributed by atoms with Gasteiger partial charge in [0, 0.05) is 17.7 Å². The second-order valence-corrected chi connectivity index (χ2v) is 10.7. The topological polar surface area (TPSA) is 110 Å². The fraction of sp³-hybridized carbons (Fsp3) is 0.333. The van der Waals surface area contributed by atoms with Gasteiger partial charge in [0.25, 0.3) is 0 Å². The number of anilines is 1. The Labute approximate surface area is 231 Å². The first-order valence-corrected chi connectivity index (χ1v) is 13.9. The summed E-state index contributed by atoms with van der Waals surface area (Å²) < 4.78 is 0. The van der Waals surface area contributed by atoms with Gasteiger partial charge in [-0.2, -0.15) is 0 Å². The molecule has 4 aromatic carbocycles. The molecule has 6 heteroatoms. The molecule has 4 rings (SSSR count). The van der Waals surface area contributed by atoms with Crippen LogP contribution in [-0.2, 0) is 4.79 Å². The third-order valence-corrected chi connectivity index (χ3v) is 7.18. The SMILES string of the molecule is CC(C)CCNC(=O)[C@H](C)Nc1c(C(=O)[C@H](N)CCCN)cc2ccccc2c1-c1ccc2ccccc2c1. The van der Waals surface area contributed by atoms with Gasteiger partial charge in [0.2, 0.25) is 5.91 Å². The molecule has 0 fully saturated rings. The molecule has 0 spiro atoms. The van der Waals surface area contributed by atoms with Crippen molar-refractivity contribution in [2.75, 3.05) is 18.4 Å². The van der Waals surface area contributed by atoms with Gasteiger partial charge in [-0.05, 0) is 77.9 Å². The standard InChI is InChI=1S/C33H40N4O2/c1-21(2)16-18-36-33(39)22(3)37-31-28(32(38)29(35)13-8-17-34)20-25-11-6-7-12-27(25)30(31)26-15-14-23-9-4-5-10-24(23)19-26/h4-7,9-12,14-15,19-22,29,37H,8,13,16-18,34-35H2,1-3H3,(H,36,39)/t22-,29+/m0/s1. The van der Waals surface area contributed by atoms with Crippen LogP contribution in [0, 0.1) is 5.92 Å². The first-order chi connectivity index (χ1) is 18.8. The second-order valence-electron chi connectivity index (χ2n) is 10.7. The van der Waals surface area contributed by atoms with Crippen LogP contribution in [0.5, 0.6) is 0 Å². The minimum Gasteiger partial charge on any atom is -0.373 e. The number of benzene rings is 4. The zero-order chi connectivity index (χ0) is 27.9. The average molecular weight is 525 g/mol. The van der Waals surface area contributed by atoms with Crippen molar-refractivity contribution in [3.8, 4) is 11.1 Å². The first-order valence-electron chi connectivity index (χ1n) is 13.9. The lowest BCUT2D eigenvalue weighted by molar-refractivity contribution is -0.121. The lowest BCUT2D eigenvalue weighted by Gasteiger charge is -2.24. The van der Waals surface area contributed by atoms with E-state index in [-0.39, 0.29) is 11.7 Å². The van der Waals surface area contributed by atoms with Crippen LogP contribution >= 0.6 is 0 Å². The van der Waals surface area contributed by atoms with Gasteiger partial charge in [0.05, 0.1) is 11.7 Å². The van der Waals surface area contributed by atoms with Crippen molar-refractivity contribution in [2.45, 2.75) is 52.1 Å². The summed E-state index contributed by atoms with van der Waals surface area (Å²) >= 11 is 0. The molecule has 6 N–H and O–H groups in total. The lowest BCUT2D eigenvalue weighted by atomic mass is 9.88. The van der Waals surface area contributed by atoms with Gasteiger partial charge in [-0.15, -0.1) is 0 Å². The van der Waals surface area contributed by atoms with Crippen LogP contribution in [0.3, 0.4) is 0 Å². The van der Waals surface area contributed by atoms with Crippen molar-refractivity contribution in [3.63, 3.8) is 0 Å². The highest BCUT2D eigenvalue weighted by molar-refractivity contribution is 6.15. The summed E-state index contributed by atoms with van der Waals surface area (Å²) in [6.45, 7) is 7.16. The molecule has 6 nitrogen and oxygen atoms in total. The maximum atomic E-state index is 13.8. The van der Waals surface area contributed by atoms with Crippen molar-refractivity contribution in [1.29, 1.82) is 0 Å². The van der Waals surface area contributed by atoms with Crippen molar-refractivity contribution >= 4 is 38.9 Å². The Morgan fingerprint density at radius 3 is 2.26 bits per heavy atom. The highest BCUT2D eigenvalue weighted by Crippen LogP contribution is 2.40. The molecule has 0 aliphatic carbocycles. The van der Waals surface area contributed by atoms with Crippen LogP contribution in [-0.4, -0.2) is 36.9 Å². The minimum absolute atomic E-state index is 0.112. The Bertz CT molecular complexity index is 1460. The van der Waals surface area contributed by atoms with Gasteiger partial charge in [-0.3, -0.25) is 9.59 Å². The molecule has 0 aromatic heterocycles. The number of carbonyl (C=O) groups is 2. The Balaban J connectivity index is 1.88. The highest BCUT2D eigenvalue weighted by atomic mass is 16.2. The quantitative estimate of drug-likeness (QED) is 0.173. The summed E-state index contributed by atoms with van der Waals surface area (Å²) in [7, 11) is 0. The van der Waals surface area contributed by atoms with E-state index in [1.807, 2.05) is 43.3 Å². The number of fused-ring (bicyclic) bond motifs is 2. The molecule has 204 valence electrons. The lowest BCUT2D eigenvalue weighted by Crippen LogP contribution is -2.39. The monoisotopic (exact) mass is 524 g/mol. The van der Waals surface area contributed by atoms with E-state index in [0.29, 0.717) is 43.1 Å². The maximum absolute atomic E-state index is 13.8. The zero-order valence-electron chi connectivity index (χ0n) is 23.2. The summed E-state index contributed by atoms with van der Waals surface area (Å²) in [4.78, 5) is 26.9. The zero-order valence-corrected chi connectivity index (χ0v) is 23.2. The van der Waals surface area contributed by atoms with Crippen molar-refractivity contribution < 1.29 is 9.59 Å². The van der Waals surface area contributed by atoms with Crippen LogP contribution in [0.2, 0.25) is 0 Å². The summed E-state index contributed by atoms with van der Waals surface area (Å²) in [5.41, 5.74) is 15.0. The van der Waals surface area contributed by atoms with Crippen LogP contribution in [0.1, 0.15) is 50.4 Å². The molecular formula is C33H40N4O2. The predicted molar refractivity (Wildman–Crippen MR) is 163 cm³/mol. The van der Waals surface area contributed by atoms with Crippen molar-refractivity contribution in [3.05, 3.63) is 78.4 Å². The van der Waals surface area contributed by atoms with E-state index in [9.17, 15) is 9.59 Å². The fourth-order valence-corrected chi connectivity index (χ4v) is 4.92. The van der Waals surface area contributed by atoms with Gasteiger partial charge in [0.15, 0.2) is 5.78 Å².